The van der Waals surface area contributed by atoms with Gasteiger partial charge in [0.25, 0.3) is 5.91 Å². The first-order chi connectivity index (χ1) is 9.02. The summed E-state index contributed by atoms with van der Waals surface area (Å²) < 4.78 is 1.70. The fraction of sp³-hybridized carbons (Fsp3) is 0.143. The Hall–Kier alpha value is -2.56. The molecule has 5 heteroatoms. The summed E-state index contributed by atoms with van der Waals surface area (Å²) in [6.45, 7) is 0. The van der Waals surface area contributed by atoms with Crippen molar-refractivity contribution in [1.82, 2.24) is 4.57 Å². The zero-order chi connectivity index (χ0) is 14.0. The van der Waals surface area contributed by atoms with E-state index in [9.17, 15) is 9.59 Å². The number of hydrogen-bond acceptors (Lipinski definition) is 2. The molecule has 0 unspecified atom stereocenters. The first-order valence-corrected chi connectivity index (χ1v) is 5.74. The molecule has 19 heavy (non-hydrogen) atoms. The summed E-state index contributed by atoms with van der Waals surface area (Å²) in [5, 5.41) is 9.14. The average molecular weight is 258 g/mol. The number of aromatic carboxylic acids is 1. The van der Waals surface area contributed by atoms with Crippen LogP contribution in [-0.2, 0) is 7.05 Å². The molecule has 5 nitrogen and oxygen atoms in total. The van der Waals surface area contributed by atoms with Gasteiger partial charge in [0.2, 0.25) is 0 Å². The van der Waals surface area contributed by atoms with Crippen LogP contribution in [0.4, 0.5) is 5.69 Å². The van der Waals surface area contributed by atoms with Gasteiger partial charge >= 0.3 is 5.97 Å². The lowest BCUT2D eigenvalue weighted by atomic mass is 10.1. The molecule has 0 aliphatic carbocycles. The van der Waals surface area contributed by atoms with Crippen molar-refractivity contribution in [3.8, 4) is 0 Å². The molecule has 0 fully saturated rings. The van der Waals surface area contributed by atoms with Crippen LogP contribution in [0, 0.1) is 0 Å². The summed E-state index contributed by atoms with van der Waals surface area (Å²) in [4.78, 5) is 24.8. The van der Waals surface area contributed by atoms with E-state index in [1.54, 1.807) is 55.2 Å². The van der Waals surface area contributed by atoms with Gasteiger partial charge in [-0.05, 0) is 24.3 Å². The van der Waals surface area contributed by atoms with E-state index in [4.69, 9.17) is 5.11 Å². The highest BCUT2D eigenvalue weighted by molar-refractivity contribution is 6.08. The van der Waals surface area contributed by atoms with E-state index in [0.29, 0.717) is 11.4 Å². The van der Waals surface area contributed by atoms with Gasteiger partial charge in [-0.15, -0.1) is 0 Å². The van der Waals surface area contributed by atoms with Crippen LogP contribution >= 0.6 is 0 Å². The molecule has 98 valence electrons. The van der Waals surface area contributed by atoms with Crippen LogP contribution in [0.25, 0.3) is 0 Å². The van der Waals surface area contributed by atoms with E-state index in [1.807, 2.05) is 0 Å². The fourth-order valence-electron chi connectivity index (χ4n) is 1.91. The zero-order valence-electron chi connectivity index (χ0n) is 10.7. The molecule has 1 aromatic carbocycles. The van der Waals surface area contributed by atoms with Crippen molar-refractivity contribution >= 4 is 17.6 Å². The summed E-state index contributed by atoms with van der Waals surface area (Å²) in [6.07, 6.45) is 1.77. The number of hydrogen-bond donors (Lipinski definition) is 1. The molecule has 1 heterocycles. The predicted molar refractivity (Wildman–Crippen MR) is 71.5 cm³/mol. The lowest BCUT2D eigenvalue weighted by Crippen LogP contribution is -2.29. The van der Waals surface area contributed by atoms with Gasteiger partial charge in [-0.1, -0.05) is 12.1 Å². The number of carbonyl (C=O) groups excluding carboxylic acids is 1. The van der Waals surface area contributed by atoms with Crippen molar-refractivity contribution in [3.05, 3.63) is 53.9 Å². The largest absolute Gasteiger partial charge is 0.478 e. The highest BCUT2D eigenvalue weighted by Gasteiger charge is 2.20. The van der Waals surface area contributed by atoms with Crippen LogP contribution in [0.5, 0.6) is 0 Å². The fourth-order valence-corrected chi connectivity index (χ4v) is 1.91. The number of carboxylic acid groups (broad SMARTS) is 1. The van der Waals surface area contributed by atoms with Gasteiger partial charge in [0, 0.05) is 20.3 Å². The highest BCUT2D eigenvalue weighted by atomic mass is 16.4. The first kappa shape index (κ1) is 12.9. The van der Waals surface area contributed by atoms with Crippen LogP contribution in [-0.4, -0.2) is 28.6 Å². The average Bonchev–Trinajstić information content (AvgIpc) is 2.83. The molecule has 2 rings (SSSR count). The molecule has 0 spiro atoms. The quantitative estimate of drug-likeness (QED) is 0.915. The predicted octanol–water partition coefficient (Wildman–Crippen LogP) is 2.00. The van der Waals surface area contributed by atoms with Crippen LogP contribution in [0.1, 0.15) is 20.8 Å². The number of amides is 1. The minimum atomic E-state index is -1.05. The number of benzene rings is 1. The highest BCUT2D eigenvalue weighted by Crippen LogP contribution is 2.21. The maximum Gasteiger partial charge on any atom is 0.337 e. The lowest BCUT2D eigenvalue weighted by molar-refractivity contribution is 0.0697. The van der Waals surface area contributed by atoms with Crippen molar-refractivity contribution in [2.75, 3.05) is 11.9 Å². The van der Waals surface area contributed by atoms with Crippen molar-refractivity contribution in [2.45, 2.75) is 0 Å². The van der Waals surface area contributed by atoms with Crippen molar-refractivity contribution < 1.29 is 14.7 Å². The molecule has 0 bridgehead atoms. The zero-order valence-corrected chi connectivity index (χ0v) is 10.7. The maximum atomic E-state index is 12.3. The number of anilines is 1. The van der Waals surface area contributed by atoms with Gasteiger partial charge in [0.15, 0.2) is 0 Å². The maximum absolute atomic E-state index is 12.3. The molecule has 0 saturated heterocycles. The summed E-state index contributed by atoms with van der Waals surface area (Å²) in [7, 11) is 3.33. The number of rotatable bonds is 3. The summed E-state index contributed by atoms with van der Waals surface area (Å²) in [5.41, 5.74) is 0.983. The van der Waals surface area contributed by atoms with Crippen LogP contribution in [0.2, 0.25) is 0 Å². The molecule has 1 aromatic heterocycles. The van der Waals surface area contributed by atoms with Gasteiger partial charge in [0.05, 0.1) is 11.3 Å². The summed E-state index contributed by atoms with van der Waals surface area (Å²) in [6, 6.07) is 9.90. The topological polar surface area (TPSA) is 62.5 Å². The molecule has 0 aliphatic rings. The molecule has 2 aromatic rings. The van der Waals surface area contributed by atoms with E-state index in [2.05, 4.69) is 0 Å². The number of para-hydroxylation sites is 1. The Kier molecular flexibility index (Phi) is 3.37. The van der Waals surface area contributed by atoms with Crippen LogP contribution in [0.3, 0.4) is 0 Å². The van der Waals surface area contributed by atoms with E-state index in [-0.39, 0.29) is 11.5 Å². The second kappa shape index (κ2) is 4.97. The second-order valence-electron chi connectivity index (χ2n) is 4.19. The molecule has 0 atom stereocenters. The minimum Gasteiger partial charge on any atom is -0.478 e. The Morgan fingerprint density at radius 1 is 1.16 bits per heavy atom. The first-order valence-electron chi connectivity index (χ1n) is 5.74. The van der Waals surface area contributed by atoms with Gasteiger partial charge in [-0.25, -0.2) is 4.79 Å². The Morgan fingerprint density at radius 2 is 1.84 bits per heavy atom. The Morgan fingerprint density at radius 3 is 2.42 bits per heavy atom. The van der Waals surface area contributed by atoms with Gasteiger partial charge in [-0.3, -0.25) is 4.79 Å². The van der Waals surface area contributed by atoms with Crippen molar-refractivity contribution in [2.24, 2.45) is 7.05 Å². The smallest absolute Gasteiger partial charge is 0.337 e. The molecular weight excluding hydrogens is 244 g/mol. The monoisotopic (exact) mass is 258 g/mol. The Labute approximate surface area is 110 Å². The standard InChI is InChI=1S/C14H14N2O3/c1-15-9-5-8-12(15)13(17)16(2)11-7-4-3-6-10(11)14(18)19/h3-9H,1-2H3,(H,18,19). The number of carbonyl (C=O) groups is 2. The Balaban J connectivity index is 2.40. The van der Waals surface area contributed by atoms with Crippen LogP contribution < -0.4 is 4.90 Å². The number of aryl methyl sites for hydroxylation is 1. The third kappa shape index (κ3) is 2.35. The lowest BCUT2D eigenvalue weighted by Gasteiger charge is -2.19. The van der Waals surface area contributed by atoms with Gasteiger partial charge in [0.1, 0.15) is 5.69 Å². The molecule has 0 saturated carbocycles. The number of aromatic nitrogens is 1. The van der Waals surface area contributed by atoms with Crippen molar-refractivity contribution in [1.29, 1.82) is 0 Å². The third-order valence-corrected chi connectivity index (χ3v) is 2.96. The van der Waals surface area contributed by atoms with E-state index < -0.39 is 5.97 Å². The molecule has 0 aliphatic heterocycles. The summed E-state index contributed by atoms with van der Waals surface area (Å²) in [5.74, 6) is -1.30. The number of nitrogens with zero attached hydrogens (tertiary/aromatic N) is 2. The van der Waals surface area contributed by atoms with E-state index in [1.165, 1.54) is 11.0 Å². The van der Waals surface area contributed by atoms with E-state index >= 15 is 0 Å². The molecular formula is C14H14N2O3. The van der Waals surface area contributed by atoms with Gasteiger partial charge < -0.3 is 14.6 Å². The third-order valence-electron chi connectivity index (χ3n) is 2.96. The second-order valence-corrected chi connectivity index (χ2v) is 4.19. The minimum absolute atomic E-state index is 0.104. The normalized spacial score (nSPS) is 10.2. The molecule has 1 amide bonds. The van der Waals surface area contributed by atoms with Crippen LogP contribution in [0.15, 0.2) is 42.6 Å². The van der Waals surface area contributed by atoms with E-state index in [0.717, 1.165) is 0 Å². The SMILES string of the molecule is CN(C(=O)c1cccn1C)c1ccccc1C(=O)O. The number of carboxylic acids is 1. The van der Waals surface area contributed by atoms with Crippen molar-refractivity contribution in [3.63, 3.8) is 0 Å². The Bertz CT molecular complexity index is 631. The summed E-state index contributed by atoms with van der Waals surface area (Å²) >= 11 is 0. The molecule has 0 radical (unpaired) electrons. The molecule has 1 N–H and O–H groups in total. The van der Waals surface area contributed by atoms with Gasteiger partial charge in [-0.2, -0.15) is 0 Å².